The Morgan fingerprint density at radius 3 is 2.56 bits per heavy atom. The van der Waals surface area contributed by atoms with E-state index in [1.807, 2.05) is 13.8 Å². The maximum Gasteiger partial charge on any atom is 0.251 e. The minimum Gasteiger partial charge on any atom is -0.329 e. The average molecular weight is 245 g/mol. The third kappa shape index (κ3) is 1.27. The lowest BCUT2D eigenvalue weighted by atomic mass is 9.91. The molecule has 2 nitrogen and oxygen atoms in total. The number of rotatable bonds is 1. The van der Waals surface area contributed by atoms with Gasteiger partial charge in [0.1, 0.15) is 0 Å². The summed E-state index contributed by atoms with van der Waals surface area (Å²) >= 11 is 0. The number of nitrogens with zero attached hydrogens (tertiary/aromatic N) is 1. The molecule has 1 heterocycles. The predicted octanol–water partition coefficient (Wildman–Crippen LogP) is 3.30. The highest BCUT2D eigenvalue weighted by molar-refractivity contribution is 6.01. The Hall–Kier alpha value is -1.05. The number of carbonyl (C=O) groups is 1. The van der Waals surface area contributed by atoms with Gasteiger partial charge in [0.15, 0.2) is 0 Å². The topological polar surface area (TPSA) is 20.3 Å². The second-order valence-electron chi connectivity index (χ2n) is 5.75. The highest BCUT2D eigenvalue weighted by atomic mass is 16.2. The fraction of sp³-hybridized carbons (Fsp3) is 0.688. The summed E-state index contributed by atoms with van der Waals surface area (Å²) in [6.45, 7) is 9.22. The average Bonchev–Trinajstić information content (AvgIpc) is 3.24. The van der Waals surface area contributed by atoms with Crippen LogP contribution in [0.25, 0.3) is 0 Å². The molecule has 2 atom stereocenters. The van der Waals surface area contributed by atoms with Gasteiger partial charge >= 0.3 is 0 Å². The first-order chi connectivity index (χ1) is 8.69. The first kappa shape index (κ1) is 12.0. The molecule has 4 rings (SSSR count). The van der Waals surface area contributed by atoms with E-state index in [4.69, 9.17) is 0 Å². The Morgan fingerprint density at radius 1 is 1.33 bits per heavy atom. The summed E-state index contributed by atoms with van der Waals surface area (Å²) in [5.74, 6) is 1.64. The molecule has 1 spiro atoms. The summed E-state index contributed by atoms with van der Waals surface area (Å²) in [5.41, 5.74) is 4.25. The van der Waals surface area contributed by atoms with E-state index in [9.17, 15) is 4.79 Å². The van der Waals surface area contributed by atoms with Gasteiger partial charge in [-0.2, -0.15) is 0 Å². The zero-order valence-corrected chi connectivity index (χ0v) is 11.9. The van der Waals surface area contributed by atoms with Crippen molar-refractivity contribution in [2.24, 2.45) is 11.8 Å². The lowest BCUT2D eigenvalue weighted by Crippen LogP contribution is -2.37. The SMILES string of the molecule is CC.CCN1C(=O)C2=C(C=C(C)C3CC23)C12CC2. The lowest BCUT2D eigenvalue weighted by molar-refractivity contribution is -0.127. The summed E-state index contributed by atoms with van der Waals surface area (Å²) in [5, 5.41) is 0. The van der Waals surface area contributed by atoms with Crippen LogP contribution in [0.5, 0.6) is 0 Å². The van der Waals surface area contributed by atoms with Crippen molar-refractivity contribution in [2.45, 2.75) is 52.5 Å². The van der Waals surface area contributed by atoms with E-state index in [1.165, 1.54) is 36.0 Å². The number of amides is 1. The second kappa shape index (κ2) is 3.72. The number of likely N-dealkylation sites (N-methyl/N-ethyl adjacent to an activating group) is 1. The van der Waals surface area contributed by atoms with Crippen molar-refractivity contribution in [3.8, 4) is 0 Å². The van der Waals surface area contributed by atoms with E-state index >= 15 is 0 Å². The van der Waals surface area contributed by atoms with Crippen LogP contribution in [0, 0.1) is 11.8 Å². The van der Waals surface area contributed by atoms with Crippen LogP contribution in [-0.4, -0.2) is 22.9 Å². The van der Waals surface area contributed by atoms with Crippen LogP contribution in [0.2, 0.25) is 0 Å². The van der Waals surface area contributed by atoms with E-state index in [1.54, 1.807) is 0 Å². The maximum absolute atomic E-state index is 12.4. The zero-order chi connectivity index (χ0) is 13.1. The molecule has 2 heteroatoms. The Morgan fingerprint density at radius 2 is 2.00 bits per heavy atom. The molecule has 4 aliphatic rings. The van der Waals surface area contributed by atoms with E-state index in [0.29, 0.717) is 17.7 Å². The van der Waals surface area contributed by atoms with Gasteiger partial charge in [0.05, 0.1) is 5.54 Å². The Kier molecular flexibility index (Phi) is 2.48. The minimum atomic E-state index is 0.149. The van der Waals surface area contributed by atoms with Crippen LogP contribution in [0.4, 0.5) is 0 Å². The first-order valence-electron chi connectivity index (χ1n) is 7.44. The summed E-state index contributed by atoms with van der Waals surface area (Å²) < 4.78 is 0. The summed E-state index contributed by atoms with van der Waals surface area (Å²) in [6.07, 6.45) is 5.93. The van der Waals surface area contributed by atoms with Crippen molar-refractivity contribution in [3.05, 3.63) is 22.8 Å². The fourth-order valence-electron chi connectivity index (χ4n) is 3.88. The van der Waals surface area contributed by atoms with Crippen LogP contribution >= 0.6 is 0 Å². The van der Waals surface area contributed by atoms with Crippen molar-refractivity contribution in [1.29, 1.82) is 0 Å². The second-order valence-corrected chi connectivity index (χ2v) is 5.75. The summed E-state index contributed by atoms with van der Waals surface area (Å²) in [6, 6.07) is 0. The molecule has 0 radical (unpaired) electrons. The molecule has 3 aliphatic carbocycles. The molecular weight excluding hydrogens is 222 g/mol. The summed E-state index contributed by atoms with van der Waals surface area (Å²) in [7, 11) is 0. The number of hydrogen-bond acceptors (Lipinski definition) is 1. The largest absolute Gasteiger partial charge is 0.329 e. The molecule has 2 unspecified atom stereocenters. The molecule has 98 valence electrons. The van der Waals surface area contributed by atoms with Crippen molar-refractivity contribution in [2.75, 3.05) is 6.54 Å². The van der Waals surface area contributed by atoms with Gasteiger partial charge in [0.2, 0.25) is 0 Å². The van der Waals surface area contributed by atoms with Gasteiger partial charge < -0.3 is 4.90 Å². The van der Waals surface area contributed by atoms with Crippen molar-refractivity contribution >= 4 is 5.91 Å². The number of fused-ring (bicyclic) bond motifs is 3. The molecule has 0 bridgehead atoms. The van der Waals surface area contributed by atoms with Crippen LogP contribution in [-0.2, 0) is 4.79 Å². The van der Waals surface area contributed by atoms with E-state index in [-0.39, 0.29) is 5.54 Å². The Labute approximate surface area is 110 Å². The summed E-state index contributed by atoms with van der Waals surface area (Å²) in [4.78, 5) is 14.5. The highest BCUT2D eigenvalue weighted by Crippen LogP contribution is 2.63. The maximum atomic E-state index is 12.4. The molecule has 0 N–H and O–H groups in total. The Bertz CT molecular complexity index is 467. The van der Waals surface area contributed by atoms with Crippen LogP contribution in [0.3, 0.4) is 0 Å². The van der Waals surface area contributed by atoms with Gasteiger partial charge in [-0.05, 0) is 50.5 Å². The predicted molar refractivity (Wildman–Crippen MR) is 73.1 cm³/mol. The van der Waals surface area contributed by atoms with E-state index < -0.39 is 0 Å². The van der Waals surface area contributed by atoms with Crippen LogP contribution in [0.15, 0.2) is 22.8 Å². The number of carbonyl (C=O) groups excluding carboxylic acids is 1. The Balaban J connectivity index is 0.000000478. The quantitative estimate of drug-likeness (QED) is 0.694. The number of hydrogen-bond donors (Lipinski definition) is 0. The molecule has 0 saturated heterocycles. The third-order valence-electron chi connectivity index (χ3n) is 4.94. The molecule has 0 aromatic carbocycles. The monoisotopic (exact) mass is 245 g/mol. The smallest absolute Gasteiger partial charge is 0.251 e. The minimum absolute atomic E-state index is 0.149. The van der Waals surface area contributed by atoms with Gasteiger partial charge in [-0.1, -0.05) is 25.5 Å². The van der Waals surface area contributed by atoms with Crippen molar-refractivity contribution < 1.29 is 4.79 Å². The molecule has 2 fully saturated rings. The van der Waals surface area contributed by atoms with Gasteiger partial charge in [0, 0.05) is 12.1 Å². The van der Waals surface area contributed by atoms with Gasteiger partial charge in [-0.25, -0.2) is 0 Å². The third-order valence-corrected chi connectivity index (χ3v) is 4.94. The molecule has 0 aromatic rings. The molecule has 0 aromatic heterocycles. The van der Waals surface area contributed by atoms with E-state index in [2.05, 4.69) is 24.8 Å². The van der Waals surface area contributed by atoms with Gasteiger partial charge in [-0.3, -0.25) is 4.79 Å². The van der Waals surface area contributed by atoms with Gasteiger partial charge in [0.25, 0.3) is 5.91 Å². The van der Waals surface area contributed by atoms with E-state index in [0.717, 1.165) is 6.54 Å². The molecule has 1 amide bonds. The van der Waals surface area contributed by atoms with Gasteiger partial charge in [-0.15, -0.1) is 0 Å². The van der Waals surface area contributed by atoms with Crippen LogP contribution < -0.4 is 0 Å². The lowest BCUT2D eigenvalue weighted by Gasteiger charge is -2.24. The zero-order valence-electron chi connectivity index (χ0n) is 11.9. The number of allylic oxidation sites excluding steroid dienone is 1. The van der Waals surface area contributed by atoms with Crippen LogP contribution in [0.1, 0.15) is 47.0 Å². The normalized spacial score (nSPS) is 33.7. The van der Waals surface area contributed by atoms with Crippen molar-refractivity contribution in [1.82, 2.24) is 4.90 Å². The van der Waals surface area contributed by atoms with Crippen molar-refractivity contribution in [3.63, 3.8) is 0 Å². The standard InChI is InChI=1S/C14H17NO.C2H6/c1-3-15-13(16)12-10-7-9(10)8(2)6-11(12)14(15)4-5-14;1-2/h6,9-10H,3-5,7H2,1-2H3;1-2H3. The molecule has 1 aliphatic heterocycles. The highest BCUT2D eigenvalue weighted by Gasteiger charge is 2.62. The molecular formula is C16H23NO. The molecule has 2 saturated carbocycles. The fourth-order valence-corrected chi connectivity index (χ4v) is 3.88. The first-order valence-corrected chi connectivity index (χ1v) is 7.44. The molecule has 18 heavy (non-hydrogen) atoms.